The lowest BCUT2D eigenvalue weighted by molar-refractivity contribution is -0.131. The largest absolute Gasteiger partial charge is 0.395 e. The molecule has 1 rings (SSSR count). The van der Waals surface area contributed by atoms with Crippen molar-refractivity contribution in [2.45, 2.75) is 6.54 Å². The minimum absolute atomic E-state index is 0.0328. The number of carbonyl (C=O) groups is 1. The molecule has 0 aromatic carbocycles. The summed E-state index contributed by atoms with van der Waals surface area (Å²) in [7, 11) is 3.58. The van der Waals surface area contributed by atoms with Gasteiger partial charge < -0.3 is 10.0 Å². The van der Waals surface area contributed by atoms with Crippen molar-refractivity contribution < 1.29 is 9.90 Å². The second-order valence-corrected chi connectivity index (χ2v) is 5.72. The first-order valence-electron chi connectivity index (χ1n) is 5.30. The fourth-order valence-corrected chi connectivity index (χ4v) is 2.50. The van der Waals surface area contributed by atoms with Crippen LogP contribution in [0.5, 0.6) is 0 Å². The van der Waals surface area contributed by atoms with Crippen LogP contribution in [-0.4, -0.2) is 54.6 Å². The topological polar surface area (TPSA) is 43.8 Å². The molecule has 1 heterocycles. The summed E-state index contributed by atoms with van der Waals surface area (Å²) in [5.41, 5.74) is 0. The van der Waals surface area contributed by atoms with E-state index < -0.39 is 0 Å². The summed E-state index contributed by atoms with van der Waals surface area (Å²) in [6.45, 7) is 1.46. The minimum atomic E-state index is 0.0328. The molecule has 0 radical (unpaired) electrons. The molecule has 1 aromatic rings. The molecule has 0 atom stereocenters. The molecule has 0 fully saturated rings. The number of halogens is 1. The Bertz CT molecular complexity index is 370. The standard InChI is InChI=1S/C11H17ClN2O2S/c1-13(5-6-15)8-11(16)14(2)7-9-3-4-10(12)17-9/h3-4,15H,5-8H2,1-2H3. The van der Waals surface area contributed by atoms with Crippen LogP contribution in [0.4, 0.5) is 0 Å². The van der Waals surface area contributed by atoms with Gasteiger partial charge in [0.25, 0.3) is 0 Å². The van der Waals surface area contributed by atoms with Crippen LogP contribution in [0.1, 0.15) is 4.88 Å². The van der Waals surface area contributed by atoms with Gasteiger partial charge in [-0.2, -0.15) is 0 Å². The van der Waals surface area contributed by atoms with E-state index in [0.29, 0.717) is 19.6 Å². The fraction of sp³-hybridized carbons (Fsp3) is 0.545. The second kappa shape index (κ2) is 6.96. The Morgan fingerprint density at radius 3 is 2.71 bits per heavy atom. The van der Waals surface area contributed by atoms with E-state index in [1.54, 1.807) is 16.8 Å². The van der Waals surface area contributed by atoms with Crippen molar-refractivity contribution in [2.24, 2.45) is 0 Å². The summed E-state index contributed by atoms with van der Waals surface area (Å²) in [5.74, 6) is 0.0328. The Morgan fingerprint density at radius 2 is 2.18 bits per heavy atom. The summed E-state index contributed by atoms with van der Waals surface area (Å²) in [6.07, 6.45) is 0. The summed E-state index contributed by atoms with van der Waals surface area (Å²) >= 11 is 7.31. The van der Waals surface area contributed by atoms with Crippen molar-refractivity contribution in [3.8, 4) is 0 Å². The number of amides is 1. The van der Waals surface area contributed by atoms with Gasteiger partial charge in [0.1, 0.15) is 0 Å². The molecule has 0 saturated carbocycles. The van der Waals surface area contributed by atoms with Crippen molar-refractivity contribution in [1.29, 1.82) is 0 Å². The summed E-state index contributed by atoms with van der Waals surface area (Å²) in [5, 5.41) is 8.75. The van der Waals surface area contributed by atoms with Crippen LogP contribution in [0.25, 0.3) is 0 Å². The lowest BCUT2D eigenvalue weighted by Gasteiger charge is -2.20. The summed E-state index contributed by atoms with van der Waals surface area (Å²) in [6, 6.07) is 3.76. The SMILES string of the molecule is CN(CCO)CC(=O)N(C)Cc1ccc(Cl)s1. The first-order chi connectivity index (χ1) is 8.02. The van der Waals surface area contributed by atoms with Gasteiger partial charge >= 0.3 is 0 Å². The maximum Gasteiger partial charge on any atom is 0.236 e. The first kappa shape index (κ1) is 14.4. The highest BCUT2D eigenvalue weighted by molar-refractivity contribution is 7.16. The molecule has 17 heavy (non-hydrogen) atoms. The van der Waals surface area contributed by atoms with Crippen molar-refractivity contribution >= 4 is 28.8 Å². The first-order valence-corrected chi connectivity index (χ1v) is 6.50. The number of hydrogen-bond acceptors (Lipinski definition) is 4. The molecule has 96 valence electrons. The minimum Gasteiger partial charge on any atom is -0.395 e. The quantitative estimate of drug-likeness (QED) is 0.851. The molecule has 6 heteroatoms. The van der Waals surface area contributed by atoms with E-state index in [9.17, 15) is 4.79 Å². The maximum atomic E-state index is 11.8. The van der Waals surface area contributed by atoms with E-state index in [1.807, 2.05) is 19.2 Å². The zero-order valence-electron chi connectivity index (χ0n) is 10.0. The van der Waals surface area contributed by atoms with E-state index in [-0.39, 0.29) is 12.5 Å². The molecular formula is C11H17ClN2O2S. The third kappa shape index (κ3) is 5.04. The van der Waals surface area contributed by atoms with Gasteiger partial charge in [-0.05, 0) is 19.2 Å². The van der Waals surface area contributed by atoms with Gasteiger partial charge in [0, 0.05) is 18.5 Å². The number of thiophene rings is 1. The van der Waals surface area contributed by atoms with Crippen molar-refractivity contribution in [3.05, 3.63) is 21.3 Å². The molecule has 0 aliphatic rings. The smallest absolute Gasteiger partial charge is 0.236 e. The number of aliphatic hydroxyl groups is 1. The third-order valence-electron chi connectivity index (χ3n) is 2.33. The normalized spacial score (nSPS) is 10.9. The predicted octanol–water partition coefficient (Wildman–Crippen LogP) is 1.28. The van der Waals surface area contributed by atoms with Crippen molar-refractivity contribution in [1.82, 2.24) is 9.80 Å². The predicted molar refractivity (Wildman–Crippen MR) is 70.4 cm³/mol. The molecule has 1 aromatic heterocycles. The van der Waals surface area contributed by atoms with Crippen LogP contribution in [0.3, 0.4) is 0 Å². The average Bonchev–Trinajstić information content (AvgIpc) is 2.64. The number of carbonyl (C=O) groups excluding carboxylic acids is 1. The monoisotopic (exact) mass is 276 g/mol. The van der Waals surface area contributed by atoms with Crippen LogP contribution >= 0.6 is 22.9 Å². The Hall–Kier alpha value is -0.620. The zero-order chi connectivity index (χ0) is 12.8. The molecule has 0 aliphatic carbocycles. The summed E-state index contributed by atoms with van der Waals surface area (Å²) in [4.78, 5) is 16.3. The van der Waals surface area contributed by atoms with E-state index >= 15 is 0 Å². The number of rotatable bonds is 6. The maximum absolute atomic E-state index is 11.8. The Kier molecular flexibility index (Phi) is 5.91. The fourth-order valence-electron chi connectivity index (χ4n) is 1.36. The highest BCUT2D eigenvalue weighted by Gasteiger charge is 2.12. The molecule has 1 amide bonds. The van der Waals surface area contributed by atoms with Crippen LogP contribution in [0.2, 0.25) is 4.34 Å². The molecule has 0 saturated heterocycles. The number of likely N-dealkylation sites (N-methyl/N-ethyl adjacent to an activating group) is 2. The van der Waals surface area contributed by atoms with Crippen molar-refractivity contribution in [3.63, 3.8) is 0 Å². The lowest BCUT2D eigenvalue weighted by Crippen LogP contribution is -2.37. The van der Waals surface area contributed by atoms with E-state index in [1.165, 1.54) is 11.3 Å². The lowest BCUT2D eigenvalue weighted by atomic mass is 10.4. The van der Waals surface area contributed by atoms with E-state index in [0.717, 1.165) is 9.21 Å². The average molecular weight is 277 g/mol. The molecular weight excluding hydrogens is 260 g/mol. The highest BCUT2D eigenvalue weighted by Crippen LogP contribution is 2.22. The number of aliphatic hydroxyl groups excluding tert-OH is 1. The van der Waals surface area contributed by atoms with Crippen molar-refractivity contribution in [2.75, 3.05) is 33.8 Å². The van der Waals surface area contributed by atoms with Gasteiger partial charge in [-0.1, -0.05) is 11.6 Å². The van der Waals surface area contributed by atoms with Gasteiger partial charge in [0.05, 0.1) is 24.0 Å². The molecule has 0 spiro atoms. The Morgan fingerprint density at radius 1 is 1.47 bits per heavy atom. The third-order valence-corrected chi connectivity index (χ3v) is 3.55. The molecule has 0 bridgehead atoms. The Balaban J connectivity index is 2.41. The molecule has 4 nitrogen and oxygen atoms in total. The zero-order valence-corrected chi connectivity index (χ0v) is 11.6. The molecule has 1 N–H and O–H groups in total. The van der Waals surface area contributed by atoms with Crippen LogP contribution in [-0.2, 0) is 11.3 Å². The second-order valence-electron chi connectivity index (χ2n) is 3.92. The summed E-state index contributed by atoms with van der Waals surface area (Å²) < 4.78 is 0.734. The van der Waals surface area contributed by atoms with Gasteiger partial charge in [0.2, 0.25) is 5.91 Å². The number of nitrogens with zero attached hydrogens (tertiary/aromatic N) is 2. The van der Waals surface area contributed by atoms with E-state index in [2.05, 4.69) is 0 Å². The van der Waals surface area contributed by atoms with Gasteiger partial charge in [-0.3, -0.25) is 9.69 Å². The highest BCUT2D eigenvalue weighted by atomic mass is 35.5. The van der Waals surface area contributed by atoms with Crippen LogP contribution in [0, 0.1) is 0 Å². The van der Waals surface area contributed by atoms with E-state index in [4.69, 9.17) is 16.7 Å². The van der Waals surface area contributed by atoms with Gasteiger partial charge in [-0.25, -0.2) is 0 Å². The Labute approximate surface area is 110 Å². The number of hydrogen-bond donors (Lipinski definition) is 1. The molecule has 0 aliphatic heterocycles. The van der Waals surface area contributed by atoms with Gasteiger partial charge in [0.15, 0.2) is 0 Å². The van der Waals surface area contributed by atoms with Crippen LogP contribution < -0.4 is 0 Å². The molecule has 0 unspecified atom stereocenters. The van der Waals surface area contributed by atoms with Gasteiger partial charge in [-0.15, -0.1) is 11.3 Å². The van der Waals surface area contributed by atoms with Crippen LogP contribution in [0.15, 0.2) is 12.1 Å².